The zero-order chi connectivity index (χ0) is 13.7. The van der Waals surface area contributed by atoms with Crippen LogP contribution in [0.4, 0.5) is 0 Å². The highest BCUT2D eigenvalue weighted by Crippen LogP contribution is 2.19. The van der Waals surface area contributed by atoms with Gasteiger partial charge in [0.1, 0.15) is 0 Å². The van der Waals surface area contributed by atoms with E-state index in [9.17, 15) is 9.59 Å². The molecular weight excluding hydrogens is 232 g/mol. The molecule has 1 amide bonds. The first-order valence-corrected chi connectivity index (χ1v) is 6.69. The van der Waals surface area contributed by atoms with Gasteiger partial charge >= 0.3 is 5.97 Å². The van der Waals surface area contributed by atoms with Crippen LogP contribution in [0.1, 0.15) is 46.5 Å². The number of carbonyl (C=O) groups excluding carboxylic acids is 1. The molecule has 104 valence electrons. The van der Waals surface area contributed by atoms with Gasteiger partial charge in [0.2, 0.25) is 5.91 Å². The molecule has 1 saturated carbocycles. The van der Waals surface area contributed by atoms with Gasteiger partial charge in [-0.1, -0.05) is 0 Å². The highest BCUT2D eigenvalue weighted by Gasteiger charge is 2.29. The summed E-state index contributed by atoms with van der Waals surface area (Å²) in [4.78, 5) is 24.5. The first kappa shape index (κ1) is 15.0. The number of nitrogens with one attached hydrogen (secondary N) is 1. The van der Waals surface area contributed by atoms with Gasteiger partial charge in [0.25, 0.3) is 0 Å². The van der Waals surface area contributed by atoms with Crippen molar-refractivity contribution in [3.8, 4) is 0 Å². The molecule has 0 heterocycles. The van der Waals surface area contributed by atoms with E-state index < -0.39 is 5.97 Å². The predicted molar refractivity (Wildman–Crippen MR) is 69.3 cm³/mol. The van der Waals surface area contributed by atoms with Gasteiger partial charge in [-0.25, -0.2) is 0 Å². The lowest BCUT2D eigenvalue weighted by molar-refractivity contribution is -0.137. The molecule has 1 aliphatic rings. The molecule has 0 bridgehead atoms. The van der Waals surface area contributed by atoms with Crippen molar-refractivity contribution in [3.05, 3.63) is 0 Å². The Labute approximate surface area is 109 Å². The third kappa shape index (κ3) is 5.04. The second-order valence-corrected chi connectivity index (χ2v) is 5.29. The summed E-state index contributed by atoms with van der Waals surface area (Å²) in [5, 5.41) is 11.6. The molecule has 2 N–H and O–H groups in total. The van der Waals surface area contributed by atoms with Gasteiger partial charge in [0, 0.05) is 18.5 Å². The Morgan fingerprint density at radius 2 is 1.94 bits per heavy atom. The van der Waals surface area contributed by atoms with Crippen LogP contribution in [0.15, 0.2) is 0 Å². The van der Waals surface area contributed by atoms with E-state index in [1.54, 1.807) is 0 Å². The predicted octanol–water partition coefficient (Wildman–Crippen LogP) is 1.23. The van der Waals surface area contributed by atoms with Crippen molar-refractivity contribution in [2.45, 2.75) is 64.6 Å². The second kappa shape index (κ2) is 6.73. The summed E-state index contributed by atoms with van der Waals surface area (Å²) >= 11 is 0. The first-order valence-electron chi connectivity index (χ1n) is 6.69. The Morgan fingerprint density at radius 1 is 1.33 bits per heavy atom. The van der Waals surface area contributed by atoms with Gasteiger partial charge in [0.05, 0.1) is 6.04 Å². The largest absolute Gasteiger partial charge is 0.481 e. The zero-order valence-corrected chi connectivity index (χ0v) is 11.5. The molecule has 0 aromatic carbocycles. The van der Waals surface area contributed by atoms with E-state index in [1.807, 2.05) is 20.8 Å². The highest BCUT2D eigenvalue weighted by atomic mass is 16.4. The third-order valence-electron chi connectivity index (χ3n) is 3.27. The number of nitrogens with zero attached hydrogens (tertiary/aromatic N) is 1. The van der Waals surface area contributed by atoms with Crippen molar-refractivity contribution in [2.75, 3.05) is 6.54 Å². The lowest BCUT2D eigenvalue weighted by Crippen LogP contribution is -2.49. The van der Waals surface area contributed by atoms with E-state index in [0.717, 1.165) is 12.8 Å². The summed E-state index contributed by atoms with van der Waals surface area (Å²) in [6, 6.07) is 0.408. The van der Waals surface area contributed by atoms with Crippen molar-refractivity contribution in [1.82, 2.24) is 10.2 Å². The maximum atomic E-state index is 12.0. The van der Waals surface area contributed by atoms with Crippen LogP contribution >= 0.6 is 0 Å². The number of carbonyl (C=O) groups is 2. The molecule has 1 rings (SSSR count). The summed E-state index contributed by atoms with van der Waals surface area (Å²) in [6.45, 7) is 6.59. The fourth-order valence-corrected chi connectivity index (χ4v) is 2.01. The molecule has 0 aromatic heterocycles. The lowest BCUT2D eigenvalue weighted by Gasteiger charge is -2.31. The number of amides is 1. The van der Waals surface area contributed by atoms with Gasteiger partial charge in [-0.05, 0) is 46.6 Å². The maximum Gasteiger partial charge on any atom is 0.303 e. The minimum Gasteiger partial charge on any atom is -0.481 e. The maximum absolute atomic E-state index is 12.0. The van der Waals surface area contributed by atoms with E-state index in [4.69, 9.17) is 5.11 Å². The first-order chi connectivity index (χ1) is 8.41. The molecular formula is C13H24N2O3. The molecule has 5 heteroatoms. The fraction of sp³-hybridized carbons (Fsp3) is 0.846. The SMILES string of the molecule is CC(C)N(CCCC(=O)O)C(C)C(=O)NC1CC1. The van der Waals surface area contributed by atoms with E-state index >= 15 is 0 Å². The Balaban J connectivity index is 2.42. The Hall–Kier alpha value is -1.10. The molecule has 0 aromatic rings. The summed E-state index contributed by atoms with van der Waals surface area (Å²) < 4.78 is 0. The van der Waals surface area contributed by atoms with Crippen LogP contribution in [0.25, 0.3) is 0 Å². The van der Waals surface area contributed by atoms with E-state index in [-0.39, 0.29) is 24.4 Å². The molecule has 0 saturated heterocycles. The smallest absolute Gasteiger partial charge is 0.303 e. The molecule has 0 aliphatic heterocycles. The van der Waals surface area contributed by atoms with Gasteiger partial charge in [-0.3, -0.25) is 14.5 Å². The van der Waals surface area contributed by atoms with Gasteiger partial charge in [-0.2, -0.15) is 0 Å². The summed E-state index contributed by atoms with van der Waals surface area (Å²) in [5.74, 6) is -0.727. The summed E-state index contributed by atoms with van der Waals surface area (Å²) in [5.41, 5.74) is 0. The third-order valence-corrected chi connectivity index (χ3v) is 3.27. The average molecular weight is 256 g/mol. The normalized spacial score (nSPS) is 16.9. The molecule has 0 spiro atoms. The number of hydrogen-bond acceptors (Lipinski definition) is 3. The number of carboxylic acid groups (broad SMARTS) is 1. The quantitative estimate of drug-likeness (QED) is 0.685. The number of hydrogen-bond donors (Lipinski definition) is 2. The van der Waals surface area contributed by atoms with Crippen LogP contribution in [-0.2, 0) is 9.59 Å². The second-order valence-electron chi connectivity index (χ2n) is 5.29. The minimum absolute atomic E-state index is 0.0570. The molecule has 0 radical (unpaired) electrons. The van der Waals surface area contributed by atoms with Crippen molar-refractivity contribution in [2.24, 2.45) is 0 Å². The van der Waals surface area contributed by atoms with Crippen LogP contribution in [0.3, 0.4) is 0 Å². The molecule has 1 aliphatic carbocycles. The number of rotatable bonds is 8. The lowest BCUT2D eigenvalue weighted by atomic mass is 10.1. The van der Waals surface area contributed by atoms with E-state index in [2.05, 4.69) is 10.2 Å². The van der Waals surface area contributed by atoms with Crippen LogP contribution in [-0.4, -0.2) is 46.6 Å². The van der Waals surface area contributed by atoms with E-state index in [0.29, 0.717) is 19.0 Å². The van der Waals surface area contributed by atoms with Crippen molar-refractivity contribution in [1.29, 1.82) is 0 Å². The number of carboxylic acids is 1. The highest BCUT2D eigenvalue weighted by molar-refractivity contribution is 5.81. The van der Waals surface area contributed by atoms with Crippen molar-refractivity contribution >= 4 is 11.9 Å². The van der Waals surface area contributed by atoms with Crippen molar-refractivity contribution < 1.29 is 14.7 Å². The average Bonchev–Trinajstić information content (AvgIpc) is 3.06. The molecule has 1 fully saturated rings. The molecule has 1 unspecified atom stereocenters. The van der Waals surface area contributed by atoms with Gasteiger partial charge in [0.15, 0.2) is 0 Å². The van der Waals surface area contributed by atoms with Crippen LogP contribution in [0, 0.1) is 0 Å². The topological polar surface area (TPSA) is 69.6 Å². The minimum atomic E-state index is -0.784. The Kier molecular flexibility index (Phi) is 5.59. The Morgan fingerprint density at radius 3 is 2.39 bits per heavy atom. The van der Waals surface area contributed by atoms with Crippen LogP contribution in [0.2, 0.25) is 0 Å². The zero-order valence-electron chi connectivity index (χ0n) is 11.5. The summed E-state index contributed by atoms with van der Waals surface area (Å²) in [6.07, 6.45) is 2.90. The van der Waals surface area contributed by atoms with Gasteiger partial charge in [-0.15, -0.1) is 0 Å². The van der Waals surface area contributed by atoms with Gasteiger partial charge < -0.3 is 10.4 Å². The monoisotopic (exact) mass is 256 g/mol. The summed E-state index contributed by atoms with van der Waals surface area (Å²) in [7, 11) is 0. The van der Waals surface area contributed by atoms with Crippen molar-refractivity contribution in [3.63, 3.8) is 0 Å². The Bertz CT molecular complexity index is 301. The molecule has 18 heavy (non-hydrogen) atoms. The molecule has 5 nitrogen and oxygen atoms in total. The molecule has 1 atom stereocenters. The number of aliphatic carboxylic acids is 1. The van der Waals surface area contributed by atoms with E-state index in [1.165, 1.54) is 0 Å². The van der Waals surface area contributed by atoms with Crippen LogP contribution < -0.4 is 5.32 Å². The fourth-order valence-electron chi connectivity index (χ4n) is 2.01. The van der Waals surface area contributed by atoms with Crippen LogP contribution in [0.5, 0.6) is 0 Å². The standard InChI is InChI=1S/C13H24N2O3/c1-9(2)15(8-4-5-12(16)17)10(3)13(18)14-11-6-7-11/h9-11H,4-8H2,1-3H3,(H,14,18)(H,16,17).